The summed E-state index contributed by atoms with van der Waals surface area (Å²) >= 11 is 0. The molecule has 1 amide bonds. The number of carbonyl (C=O) groups is 1. The second-order valence-corrected chi connectivity index (χ2v) is 5.89. The topological polar surface area (TPSA) is 40.5 Å². The molecule has 0 radical (unpaired) electrons. The molecule has 0 unspecified atom stereocenters. The van der Waals surface area contributed by atoms with Crippen LogP contribution in [0, 0.1) is 0 Å². The summed E-state index contributed by atoms with van der Waals surface area (Å²) in [5.41, 5.74) is 1.66. The van der Waals surface area contributed by atoms with E-state index in [1.54, 1.807) is 25.8 Å². The summed E-state index contributed by atoms with van der Waals surface area (Å²) in [5.74, 6) is -0.0865. The molecule has 0 fully saturated rings. The van der Waals surface area contributed by atoms with Crippen LogP contribution >= 0.6 is 0 Å². The van der Waals surface area contributed by atoms with Gasteiger partial charge in [0.2, 0.25) is 0 Å². The smallest absolute Gasteiger partial charge is 0.254 e. The summed E-state index contributed by atoms with van der Waals surface area (Å²) < 4.78 is 0. The van der Waals surface area contributed by atoms with Crippen LogP contribution in [0.2, 0.25) is 0 Å². The standard InChI is InChI=1S/C18H21NO2/c1-18(2,21)13-19(3)17(20)16-12-8-7-11-15(16)14-9-5-4-6-10-14/h4-12,21H,13H2,1-3H3. The van der Waals surface area contributed by atoms with Crippen molar-refractivity contribution in [2.75, 3.05) is 13.6 Å². The van der Waals surface area contributed by atoms with Crippen LogP contribution in [-0.2, 0) is 0 Å². The number of amides is 1. The molecule has 0 spiro atoms. The fourth-order valence-corrected chi connectivity index (χ4v) is 2.40. The van der Waals surface area contributed by atoms with E-state index in [0.717, 1.165) is 11.1 Å². The monoisotopic (exact) mass is 283 g/mol. The van der Waals surface area contributed by atoms with Gasteiger partial charge >= 0.3 is 0 Å². The molecule has 2 aromatic carbocycles. The SMILES string of the molecule is CN(CC(C)(C)O)C(=O)c1ccccc1-c1ccccc1. The van der Waals surface area contributed by atoms with Gasteiger partial charge in [-0.05, 0) is 31.0 Å². The van der Waals surface area contributed by atoms with Gasteiger partial charge in [-0.15, -0.1) is 0 Å². The number of hydrogen-bond acceptors (Lipinski definition) is 2. The van der Waals surface area contributed by atoms with Crippen LogP contribution in [0.15, 0.2) is 54.6 Å². The highest BCUT2D eigenvalue weighted by molar-refractivity contribution is 6.00. The Labute approximate surface area is 125 Å². The lowest BCUT2D eigenvalue weighted by molar-refractivity contribution is 0.0368. The van der Waals surface area contributed by atoms with Crippen LogP contribution in [0.1, 0.15) is 24.2 Å². The third-order valence-corrected chi connectivity index (χ3v) is 3.21. The van der Waals surface area contributed by atoms with E-state index in [0.29, 0.717) is 5.56 Å². The Hall–Kier alpha value is -2.13. The number of hydrogen-bond donors (Lipinski definition) is 1. The molecular formula is C18H21NO2. The molecule has 0 saturated heterocycles. The van der Waals surface area contributed by atoms with Crippen LogP contribution in [-0.4, -0.2) is 35.1 Å². The Kier molecular flexibility index (Phi) is 4.43. The number of nitrogens with zero attached hydrogens (tertiary/aromatic N) is 1. The van der Waals surface area contributed by atoms with Crippen molar-refractivity contribution in [3.05, 3.63) is 60.2 Å². The van der Waals surface area contributed by atoms with Gasteiger partial charge in [-0.2, -0.15) is 0 Å². The summed E-state index contributed by atoms with van der Waals surface area (Å²) in [5, 5.41) is 9.88. The van der Waals surface area contributed by atoms with Crippen molar-refractivity contribution in [3.8, 4) is 11.1 Å². The van der Waals surface area contributed by atoms with Gasteiger partial charge in [0, 0.05) is 19.2 Å². The zero-order valence-corrected chi connectivity index (χ0v) is 12.7. The van der Waals surface area contributed by atoms with Gasteiger partial charge in [0.25, 0.3) is 5.91 Å². The molecule has 0 aliphatic heterocycles. The van der Waals surface area contributed by atoms with Crippen molar-refractivity contribution in [2.24, 2.45) is 0 Å². The quantitative estimate of drug-likeness (QED) is 0.936. The van der Waals surface area contributed by atoms with Gasteiger partial charge in [-0.3, -0.25) is 4.79 Å². The molecule has 0 heterocycles. The normalized spacial score (nSPS) is 11.2. The lowest BCUT2D eigenvalue weighted by Gasteiger charge is -2.26. The van der Waals surface area contributed by atoms with Gasteiger partial charge in [0.1, 0.15) is 0 Å². The van der Waals surface area contributed by atoms with Crippen molar-refractivity contribution in [1.82, 2.24) is 4.90 Å². The molecule has 0 aliphatic rings. The first-order valence-corrected chi connectivity index (χ1v) is 7.01. The number of aliphatic hydroxyl groups is 1. The average Bonchev–Trinajstić information content (AvgIpc) is 2.45. The fraction of sp³-hybridized carbons (Fsp3) is 0.278. The third kappa shape index (κ3) is 3.92. The zero-order chi connectivity index (χ0) is 15.5. The van der Waals surface area contributed by atoms with E-state index in [9.17, 15) is 9.90 Å². The number of rotatable bonds is 4. The van der Waals surface area contributed by atoms with E-state index in [1.165, 1.54) is 0 Å². The van der Waals surface area contributed by atoms with E-state index in [1.807, 2.05) is 54.6 Å². The molecule has 3 heteroatoms. The van der Waals surface area contributed by atoms with E-state index in [2.05, 4.69) is 0 Å². The van der Waals surface area contributed by atoms with Crippen LogP contribution < -0.4 is 0 Å². The minimum atomic E-state index is -0.911. The third-order valence-electron chi connectivity index (χ3n) is 3.21. The van der Waals surface area contributed by atoms with Crippen molar-refractivity contribution >= 4 is 5.91 Å². The second kappa shape index (κ2) is 6.10. The first-order valence-electron chi connectivity index (χ1n) is 7.01. The Morgan fingerprint density at radius 2 is 1.62 bits per heavy atom. The van der Waals surface area contributed by atoms with Gasteiger partial charge in [0.05, 0.1) is 5.60 Å². The van der Waals surface area contributed by atoms with Crippen LogP contribution in [0.4, 0.5) is 0 Å². The predicted molar refractivity (Wildman–Crippen MR) is 85.1 cm³/mol. The lowest BCUT2D eigenvalue weighted by Crippen LogP contribution is -2.39. The van der Waals surface area contributed by atoms with Crippen molar-refractivity contribution in [3.63, 3.8) is 0 Å². The maximum absolute atomic E-state index is 12.6. The summed E-state index contributed by atoms with van der Waals surface area (Å²) in [4.78, 5) is 14.2. The average molecular weight is 283 g/mol. The van der Waals surface area contributed by atoms with Crippen LogP contribution in [0.25, 0.3) is 11.1 Å². The molecule has 0 aromatic heterocycles. The molecule has 0 saturated carbocycles. The van der Waals surface area contributed by atoms with Crippen LogP contribution in [0.5, 0.6) is 0 Å². The largest absolute Gasteiger partial charge is 0.389 e. The molecule has 0 atom stereocenters. The summed E-state index contributed by atoms with van der Waals surface area (Å²) in [6.45, 7) is 3.68. The number of likely N-dealkylation sites (N-methyl/N-ethyl adjacent to an activating group) is 1. The lowest BCUT2D eigenvalue weighted by atomic mass is 9.98. The minimum absolute atomic E-state index is 0.0865. The Balaban J connectivity index is 2.35. The van der Waals surface area contributed by atoms with Crippen molar-refractivity contribution in [2.45, 2.75) is 19.4 Å². The molecule has 2 rings (SSSR count). The highest BCUT2D eigenvalue weighted by Gasteiger charge is 2.22. The number of benzene rings is 2. The van der Waals surface area contributed by atoms with E-state index >= 15 is 0 Å². The van der Waals surface area contributed by atoms with Crippen LogP contribution in [0.3, 0.4) is 0 Å². The zero-order valence-electron chi connectivity index (χ0n) is 12.7. The van der Waals surface area contributed by atoms with Gasteiger partial charge in [0.15, 0.2) is 0 Å². The first-order chi connectivity index (χ1) is 9.88. The Bertz CT molecular complexity index is 615. The van der Waals surface area contributed by atoms with Gasteiger partial charge < -0.3 is 10.0 Å². The Morgan fingerprint density at radius 3 is 2.24 bits per heavy atom. The fourth-order valence-electron chi connectivity index (χ4n) is 2.40. The van der Waals surface area contributed by atoms with Gasteiger partial charge in [-0.1, -0.05) is 48.5 Å². The maximum atomic E-state index is 12.6. The molecule has 110 valence electrons. The molecule has 21 heavy (non-hydrogen) atoms. The summed E-state index contributed by atoms with van der Waals surface area (Å²) in [6.07, 6.45) is 0. The van der Waals surface area contributed by atoms with Gasteiger partial charge in [-0.25, -0.2) is 0 Å². The highest BCUT2D eigenvalue weighted by Crippen LogP contribution is 2.24. The predicted octanol–water partition coefficient (Wildman–Crippen LogP) is 3.20. The molecule has 0 aliphatic carbocycles. The maximum Gasteiger partial charge on any atom is 0.254 e. The van der Waals surface area contributed by atoms with E-state index in [-0.39, 0.29) is 12.5 Å². The summed E-state index contributed by atoms with van der Waals surface area (Å²) in [6, 6.07) is 17.4. The second-order valence-electron chi connectivity index (χ2n) is 5.89. The van der Waals surface area contributed by atoms with Crippen molar-refractivity contribution in [1.29, 1.82) is 0 Å². The van der Waals surface area contributed by atoms with E-state index in [4.69, 9.17) is 0 Å². The highest BCUT2D eigenvalue weighted by atomic mass is 16.3. The Morgan fingerprint density at radius 1 is 1.05 bits per heavy atom. The minimum Gasteiger partial charge on any atom is -0.389 e. The van der Waals surface area contributed by atoms with E-state index < -0.39 is 5.60 Å². The molecule has 3 nitrogen and oxygen atoms in total. The van der Waals surface area contributed by atoms with Crippen molar-refractivity contribution < 1.29 is 9.90 Å². The molecule has 2 aromatic rings. The molecule has 0 bridgehead atoms. The first kappa shape index (κ1) is 15.3. The molecule has 1 N–H and O–H groups in total. The molecular weight excluding hydrogens is 262 g/mol. The number of carbonyl (C=O) groups excluding carboxylic acids is 1. The summed E-state index contributed by atoms with van der Waals surface area (Å²) in [7, 11) is 1.71.